The van der Waals surface area contributed by atoms with Crippen LogP contribution in [0.5, 0.6) is 0 Å². The number of aromatic nitrogens is 1. The summed E-state index contributed by atoms with van der Waals surface area (Å²) in [5.41, 5.74) is 0.974. The molecule has 0 amide bonds. The highest BCUT2D eigenvalue weighted by Gasteiger charge is 2.34. The van der Waals surface area contributed by atoms with Crippen LogP contribution in [0.2, 0.25) is 0 Å². The third-order valence-corrected chi connectivity index (χ3v) is 6.10. The third-order valence-electron chi connectivity index (χ3n) is 4.96. The van der Waals surface area contributed by atoms with Crippen LogP contribution in [0.4, 0.5) is 0 Å². The first kappa shape index (κ1) is 15.9. The second-order valence-corrected chi connectivity index (χ2v) is 7.53. The Labute approximate surface area is 136 Å². The Morgan fingerprint density at radius 2 is 2.09 bits per heavy atom. The molecule has 120 valence electrons. The lowest BCUT2D eigenvalue weighted by molar-refractivity contribution is 0.100. The lowest BCUT2D eigenvalue weighted by Gasteiger charge is -2.22. The van der Waals surface area contributed by atoms with Crippen LogP contribution in [0, 0.1) is 11.8 Å². The molecule has 1 aliphatic carbocycles. The number of rotatable bonds is 6. The highest BCUT2D eigenvalue weighted by Crippen LogP contribution is 2.39. The van der Waals surface area contributed by atoms with Gasteiger partial charge in [0.15, 0.2) is 0 Å². The van der Waals surface area contributed by atoms with Gasteiger partial charge >= 0.3 is 0 Å². The van der Waals surface area contributed by atoms with Crippen molar-refractivity contribution in [2.45, 2.75) is 57.7 Å². The molecule has 4 atom stereocenters. The first-order valence-corrected chi connectivity index (χ1v) is 9.22. The van der Waals surface area contributed by atoms with Gasteiger partial charge in [0.2, 0.25) is 0 Å². The van der Waals surface area contributed by atoms with Crippen molar-refractivity contribution in [3.8, 4) is 0 Å². The molecule has 1 aromatic heterocycles. The lowest BCUT2D eigenvalue weighted by atomic mass is 9.86. The van der Waals surface area contributed by atoms with Crippen LogP contribution >= 0.6 is 11.3 Å². The Kier molecular flexibility index (Phi) is 5.11. The quantitative estimate of drug-likeness (QED) is 0.835. The van der Waals surface area contributed by atoms with Gasteiger partial charge in [-0.2, -0.15) is 0 Å². The van der Waals surface area contributed by atoms with Crippen LogP contribution in [0.3, 0.4) is 0 Å². The molecule has 2 aromatic rings. The predicted molar refractivity (Wildman–Crippen MR) is 90.9 cm³/mol. The van der Waals surface area contributed by atoms with E-state index < -0.39 is 6.10 Å². The minimum atomic E-state index is -0.475. The largest absolute Gasteiger partial charge is 0.393 e. The lowest BCUT2D eigenvalue weighted by Crippen LogP contribution is -2.19. The van der Waals surface area contributed by atoms with Gasteiger partial charge < -0.3 is 10.2 Å². The molecule has 1 aliphatic rings. The van der Waals surface area contributed by atoms with Crippen LogP contribution in [0.15, 0.2) is 24.3 Å². The molecule has 0 bridgehead atoms. The van der Waals surface area contributed by atoms with Gasteiger partial charge in [0.05, 0.1) is 16.3 Å². The molecule has 0 saturated heterocycles. The zero-order valence-corrected chi connectivity index (χ0v) is 13.9. The molecule has 2 N–H and O–H groups in total. The average Bonchev–Trinajstić information content (AvgIpc) is 3.10. The van der Waals surface area contributed by atoms with Crippen molar-refractivity contribution in [1.82, 2.24) is 4.98 Å². The number of hydrogen-bond donors (Lipinski definition) is 2. The van der Waals surface area contributed by atoms with Gasteiger partial charge in [-0.05, 0) is 56.1 Å². The fourth-order valence-corrected chi connectivity index (χ4v) is 4.76. The first-order chi connectivity index (χ1) is 10.7. The fourth-order valence-electron chi connectivity index (χ4n) is 3.77. The molecule has 3 nitrogen and oxygen atoms in total. The molecule has 1 aromatic carbocycles. The molecule has 4 heteroatoms. The zero-order valence-electron chi connectivity index (χ0n) is 13.1. The first-order valence-electron chi connectivity index (χ1n) is 8.40. The Hall–Kier alpha value is -0.970. The topological polar surface area (TPSA) is 53.4 Å². The summed E-state index contributed by atoms with van der Waals surface area (Å²) in [5, 5.41) is 21.4. The smallest absolute Gasteiger partial charge is 0.122 e. The van der Waals surface area contributed by atoms with Crippen molar-refractivity contribution >= 4 is 21.6 Å². The SMILES string of the molecule is CCC[C@@H]1C(CCC(O)c2nc3ccccc3s2)CC[C@@H]1O. The van der Waals surface area contributed by atoms with Crippen molar-refractivity contribution in [3.05, 3.63) is 29.3 Å². The predicted octanol–water partition coefficient (Wildman–Crippen LogP) is 4.30. The van der Waals surface area contributed by atoms with Gasteiger partial charge in [0, 0.05) is 0 Å². The van der Waals surface area contributed by atoms with Crippen molar-refractivity contribution in [1.29, 1.82) is 0 Å². The molecule has 1 heterocycles. The summed E-state index contributed by atoms with van der Waals surface area (Å²) in [5.74, 6) is 0.978. The average molecular weight is 319 g/mol. The van der Waals surface area contributed by atoms with E-state index in [0.29, 0.717) is 11.8 Å². The van der Waals surface area contributed by atoms with Gasteiger partial charge in [-0.3, -0.25) is 0 Å². The number of aliphatic hydroxyl groups excluding tert-OH is 2. The number of thiazole rings is 1. The second kappa shape index (κ2) is 7.07. The van der Waals surface area contributed by atoms with Crippen LogP contribution in [0.1, 0.15) is 56.6 Å². The maximum absolute atomic E-state index is 10.4. The molecule has 0 radical (unpaired) electrons. The van der Waals surface area contributed by atoms with Crippen molar-refractivity contribution in [3.63, 3.8) is 0 Å². The molecular weight excluding hydrogens is 294 g/mol. The zero-order chi connectivity index (χ0) is 15.5. The van der Waals surface area contributed by atoms with E-state index in [0.717, 1.165) is 53.7 Å². The molecule has 2 unspecified atom stereocenters. The number of para-hydroxylation sites is 1. The maximum atomic E-state index is 10.4. The second-order valence-electron chi connectivity index (χ2n) is 6.47. The van der Waals surface area contributed by atoms with E-state index >= 15 is 0 Å². The standard InChI is InChI=1S/C18H25NO2S/c1-2-5-13-12(8-10-15(13)20)9-11-16(21)18-19-14-6-3-4-7-17(14)22-18/h3-4,6-7,12-13,15-16,20-21H,2,5,8-11H2,1H3/t12?,13-,15+,16?/m1/s1. The molecule has 3 rings (SSSR count). The van der Waals surface area contributed by atoms with E-state index in [-0.39, 0.29) is 6.10 Å². The minimum Gasteiger partial charge on any atom is -0.393 e. The Bertz CT molecular complexity index is 579. The van der Waals surface area contributed by atoms with E-state index in [4.69, 9.17) is 0 Å². The number of fused-ring (bicyclic) bond motifs is 1. The third kappa shape index (κ3) is 3.34. The number of nitrogens with zero attached hydrogens (tertiary/aromatic N) is 1. The summed E-state index contributed by atoms with van der Waals surface area (Å²) < 4.78 is 1.14. The molecule has 1 saturated carbocycles. The van der Waals surface area contributed by atoms with E-state index in [1.54, 1.807) is 11.3 Å². The van der Waals surface area contributed by atoms with Gasteiger partial charge in [-0.15, -0.1) is 11.3 Å². The van der Waals surface area contributed by atoms with E-state index in [2.05, 4.69) is 11.9 Å². The van der Waals surface area contributed by atoms with E-state index in [1.807, 2.05) is 24.3 Å². The summed E-state index contributed by atoms with van der Waals surface area (Å²) in [7, 11) is 0. The number of hydrogen-bond acceptors (Lipinski definition) is 4. The van der Waals surface area contributed by atoms with E-state index in [1.165, 1.54) is 0 Å². The molecule has 0 aliphatic heterocycles. The summed E-state index contributed by atoms with van der Waals surface area (Å²) in [4.78, 5) is 4.55. The summed E-state index contributed by atoms with van der Waals surface area (Å²) in [6.07, 6.45) is 5.37. The highest BCUT2D eigenvalue weighted by molar-refractivity contribution is 7.18. The normalized spacial score (nSPS) is 26.6. The summed E-state index contributed by atoms with van der Waals surface area (Å²) in [6.45, 7) is 2.18. The molecule has 0 spiro atoms. The Morgan fingerprint density at radius 1 is 1.27 bits per heavy atom. The Morgan fingerprint density at radius 3 is 2.86 bits per heavy atom. The van der Waals surface area contributed by atoms with Crippen molar-refractivity contribution in [2.24, 2.45) is 11.8 Å². The Balaban J connectivity index is 1.61. The highest BCUT2D eigenvalue weighted by atomic mass is 32.1. The van der Waals surface area contributed by atoms with Gasteiger partial charge in [0.1, 0.15) is 11.1 Å². The van der Waals surface area contributed by atoms with Gasteiger partial charge in [-0.25, -0.2) is 4.98 Å². The van der Waals surface area contributed by atoms with Crippen LogP contribution in [-0.4, -0.2) is 21.3 Å². The van der Waals surface area contributed by atoms with Crippen LogP contribution in [-0.2, 0) is 0 Å². The number of aliphatic hydroxyl groups is 2. The van der Waals surface area contributed by atoms with E-state index in [9.17, 15) is 10.2 Å². The fraction of sp³-hybridized carbons (Fsp3) is 0.611. The van der Waals surface area contributed by atoms with Crippen LogP contribution in [0.25, 0.3) is 10.2 Å². The number of benzene rings is 1. The van der Waals surface area contributed by atoms with Crippen LogP contribution < -0.4 is 0 Å². The van der Waals surface area contributed by atoms with Crippen molar-refractivity contribution < 1.29 is 10.2 Å². The maximum Gasteiger partial charge on any atom is 0.122 e. The molecule has 1 fully saturated rings. The monoisotopic (exact) mass is 319 g/mol. The minimum absolute atomic E-state index is 0.135. The summed E-state index contributed by atoms with van der Waals surface area (Å²) in [6, 6.07) is 8.03. The van der Waals surface area contributed by atoms with Gasteiger partial charge in [-0.1, -0.05) is 25.5 Å². The van der Waals surface area contributed by atoms with Crippen molar-refractivity contribution in [2.75, 3.05) is 0 Å². The van der Waals surface area contributed by atoms with Gasteiger partial charge in [0.25, 0.3) is 0 Å². The molecular formula is C18H25NO2S. The summed E-state index contributed by atoms with van der Waals surface area (Å²) >= 11 is 1.59. The molecule has 22 heavy (non-hydrogen) atoms.